The highest BCUT2D eigenvalue weighted by Crippen LogP contribution is 2.12. The summed E-state index contributed by atoms with van der Waals surface area (Å²) in [4.78, 5) is 16.0. The van der Waals surface area contributed by atoms with Crippen LogP contribution in [0, 0.1) is 12.8 Å². The number of hydrogen-bond acceptors (Lipinski definition) is 3. The predicted molar refractivity (Wildman–Crippen MR) is 71.9 cm³/mol. The van der Waals surface area contributed by atoms with E-state index in [2.05, 4.69) is 17.2 Å². The Labute approximate surface area is 106 Å². The summed E-state index contributed by atoms with van der Waals surface area (Å²) in [5.41, 5.74) is 1.13. The number of carbonyl (C=O) groups is 1. The molecule has 3 nitrogen and oxygen atoms in total. The van der Waals surface area contributed by atoms with Gasteiger partial charge < -0.3 is 5.32 Å². The number of benzene rings is 1. The van der Waals surface area contributed by atoms with E-state index in [1.54, 1.807) is 11.8 Å². The molecule has 89 valence electrons. The standard InChI is InChI=1S/C13H15N2OS/c1-10(9-11-5-3-2-4-6-11)12(16)15-13-14-7-8-17-13/h2-6,10H,1,7-9H2,(H,14,15,16)/t10-/m0/s1. The van der Waals surface area contributed by atoms with Crippen LogP contribution in [0.3, 0.4) is 0 Å². The molecule has 0 saturated carbocycles. The van der Waals surface area contributed by atoms with E-state index in [4.69, 9.17) is 0 Å². The first-order valence-corrected chi connectivity index (χ1v) is 6.59. The minimum absolute atomic E-state index is 0.0537. The van der Waals surface area contributed by atoms with Gasteiger partial charge in [-0.2, -0.15) is 0 Å². The van der Waals surface area contributed by atoms with E-state index >= 15 is 0 Å². The zero-order chi connectivity index (χ0) is 12.1. The molecule has 1 atom stereocenters. The maximum Gasteiger partial charge on any atom is 0.229 e. The van der Waals surface area contributed by atoms with Gasteiger partial charge in [0, 0.05) is 11.7 Å². The van der Waals surface area contributed by atoms with Crippen molar-refractivity contribution in [2.75, 3.05) is 12.3 Å². The molecule has 1 amide bonds. The number of amidine groups is 1. The number of nitrogens with one attached hydrogen (secondary N) is 1. The van der Waals surface area contributed by atoms with Crippen LogP contribution in [0.5, 0.6) is 0 Å². The van der Waals surface area contributed by atoms with Gasteiger partial charge in [0.05, 0.1) is 6.54 Å². The van der Waals surface area contributed by atoms with Crippen LogP contribution in [0.1, 0.15) is 5.56 Å². The van der Waals surface area contributed by atoms with Gasteiger partial charge in [0.2, 0.25) is 5.91 Å². The topological polar surface area (TPSA) is 41.5 Å². The number of hydrogen-bond donors (Lipinski definition) is 1. The summed E-state index contributed by atoms with van der Waals surface area (Å²) in [6.07, 6.45) is 0.657. The Kier molecular flexibility index (Phi) is 4.20. The molecule has 0 unspecified atom stereocenters. The molecule has 1 radical (unpaired) electrons. The second-order valence-electron chi connectivity index (χ2n) is 3.91. The summed E-state index contributed by atoms with van der Waals surface area (Å²) in [6, 6.07) is 9.92. The third-order valence-corrected chi connectivity index (χ3v) is 3.40. The van der Waals surface area contributed by atoms with Crippen molar-refractivity contribution >= 4 is 22.8 Å². The molecule has 0 aromatic heterocycles. The molecule has 0 spiro atoms. The SMILES string of the molecule is [CH2][C@@H](Cc1ccccc1)C(=O)NC1=NCCS1. The summed E-state index contributed by atoms with van der Waals surface area (Å²) in [5.74, 6) is 0.624. The lowest BCUT2D eigenvalue weighted by Crippen LogP contribution is -2.33. The minimum Gasteiger partial charge on any atom is -0.305 e. The second-order valence-corrected chi connectivity index (χ2v) is 4.99. The van der Waals surface area contributed by atoms with Gasteiger partial charge in [0.15, 0.2) is 5.17 Å². The third-order valence-electron chi connectivity index (χ3n) is 2.51. The quantitative estimate of drug-likeness (QED) is 0.886. The molecular formula is C13H15N2OS. The predicted octanol–water partition coefficient (Wildman–Crippen LogP) is 1.90. The second kappa shape index (κ2) is 5.87. The molecule has 0 aliphatic carbocycles. The molecule has 1 aromatic rings. The Morgan fingerprint density at radius 1 is 1.47 bits per heavy atom. The molecule has 0 fully saturated rings. The molecule has 1 aliphatic rings. The van der Waals surface area contributed by atoms with Crippen molar-refractivity contribution < 1.29 is 4.79 Å². The molecule has 0 saturated heterocycles. The highest BCUT2D eigenvalue weighted by atomic mass is 32.2. The van der Waals surface area contributed by atoms with Crippen LogP contribution in [-0.2, 0) is 11.2 Å². The fourth-order valence-electron chi connectivity index (χ4n) is 1.61. The average molecular weight is 247 g/mol. The Balaban J connectivity index is 1.87. The van der Waals surface area contributed by atoms with E-state index in [0.717, 1.165) is 23.0 Å². The van der Waals surface area contributed by atoms with Crippen molar-refractivity contribution in [2.45, 2.75) is 6.42 Å². The maximum atomic E-state index is 11.8. The Morgan fingerprint density at radius 2 is 2.24 bits per heavy atom. The monoisotopic (exact) mass is 247 g/mol. The normalized spacial score (nSPS) is 16.4. The van der Waals surface area contributed by atoms with Crippen molar-refractivity contribution in [3.05, 3.63) is 42.8 Å². The van der Waals surface area contributed by atoms with Gasteiger partial charge in [-0.25, -0.2) is 0 Å². The smallest absolute Gasteiger partial charge is 0.229 e. The first kappa shape index (κ1) is 12.2. The van der Waals surface area contributed by atoms with Crippen molar-refractivity contribution in [3.8, 4) is 0 Å². The molecule has 4 heteroatoms. The third kappa shape index (κ3) is 3.60. The molecule has 17 heavy (non-hydrogen) atoms. The van der Waals surface area contributed by atoms with Crippen LogP contribution in [0.15, 0.2) is 35.3 Å². The minimum atomic E-state index is -0.277. The van der Waals surface area contributed by atoms with E-state index < -0.39 is 0 Å². The largest absolute Gasteiger partial charge is 0.305 e. The Hall–Kier alpha value is -1.29. The van der Waals surface area contributed by atoms with Crippen molar-refractivity contribution in [3.63, 3.8) is 0 Å². The lowest BCUT2D eigenvalue weighted by atomic mass is 10.0. The molecule has 1 aliphatic heterocycles. The van der Waals surface area contributed by atoms with Crippen molar-refractivity contribution in [2.24, 2.45) is 10.9 Å². The Morgan fingerprint density at radius 3 is 2.88 bits per heavy atom. The van der Waals surface area contributed by atoms with Crippen LogP contribution in [0.2, 0.25) is 0 Å². The molecular weight excluding hydrogens is 232 g/mol. The lowest BCUT2D eigenvalue weighted by molar-refractivity contribution is -0.122. The Bertz CT molecular complexity index is 417. The average Bonchev–Trinajstić information content (AvgIpc) is 2.83. The molecule has 1 heterocycles. The number of nitrogens with zero attached hydrogens (tertiary/aromatic N) is 1. The number of thioether (sulfide) groups is 1. The molecule has 1 aromatic carbocycles. The highest BCUT2D eigenvalue weighted by molar-refractivity contribution is 8.14. The summed E-state index contributed by atoms with van der Waals surface area (Å²) in [5, 5.41) is 3.54. The van der Waals surface area contributed by atoms with E-state index in [1.165, 1.54) is 0 Å². The van der Waals surface area contributed by atoms with Gasteiger partial charge in [-0.3, -0.25) is 9.79 Å². The van der Waals surface area contributed by atoms with Crippen LogP contribution >= 0.6 is 11.8 Å². The number of amides is 1. The van der Waals surface area contributed by atoms with Gasteiger partial charge in [0.25, 0.3) is 0 Å². The molecule has 0 bridgehead atoms. The highest BCUT2D eigenvalue weighted by Gasteiger charge is 2.17. The van der Waals surface area contributed by atoms with Gasteiger partial charge in [-0.1, -0.05) is 42.1 Å². The number of aliphatic imine (C=N–C) groups is 1. The van der Waals surface area contributed by atoms with Gasteiger partial charge in [0.1, 0.15) is 0 Å². The summed E-state index contributed by atoms with van der Waals surface area (Å²) in [7, 11) is 0. The zero-order valence-electron chi connectivity index (χ0n) is 9.56. The molecule has 1 N–H and O–H groups in total. The summed E-state index contributed by atoms with van der Waals surface area (Å²) < 4.78 is 0. The first-order valence-electron chi connectivity index (χ1n) is 5.61. The zero-order valence-corrected chi connectivity index (χ0v) is 10.4. The number of carbonyl (C=O) groups excluding carboxylic acids is 1. The van der Waals surface area contributed by atoms with E-state index in [9.17, 15) is 4.79 Å². The summed E-state index contributed by atoms with van der Waals surface area (Å²) >= 11 is 1.58. The summed E-state index contributed by atoms with van der Waals surface area (Å²) in [6.45, 7) is 4.69. The van der Waals surface area contributed by atoms with Gasteiger partial charge in [-0.15, -0.1) is 0 Å². The fourth-order valence-corrected chi connectivity index (χ4v) is 2.34. The van der Waals surface area contributed by atoms with Crippen LogP contribution in [0.25, 0.3) is 0 Å². The van der Waals surface area contributed by atoms with Crippen molar-refractivity contribution in [1.29, 1.82) is 0 Å². The fraction of sp³-hybridized carbons (Fsp3) is 0.308. The maximum absolute atomic E-state index is 11.8. The van der Waals surface area contributed by atoms with Gasteiger partial charge >= 0.3 is 0 Å². The van der Waals surface area contributed by atoms with E-state index in [0.29, 0.717) is 6.42 Å². The van der Waals surface area contributed by atoms with Gasteiger partial charge in [-0.05, 0) is 18.9 Å². The van der Waals surface area contributed by atoms with Crippen LogP contribution < -0.4 is 5.32 Å². The number of rotatable bonds is 3. The lowest BCUT2D eigenvalue weighted by Gasteiger charge is -2.11. The van der Waals surface area contributed by atoms with E-state index in [-0.39, 0.29) is 11.8 Å². The van der Waals surface area contributed by atoms with Crippen LogP contribution in [0.4, 0.5) is 0 Å². The first-order chi connectivity index (χ1) is 8.25. The van der Waals surface area contributed by atoms with Crippen LogP contribution in [-0.4, -0.2) is 23.4 Å². The molecule has 2 rings (SSSR count). The van der Waals surface area contributed by atoms with E-state index in [1.807, 2.05) is 30.3 Å². The van der Waals surface area contributed by atoms with Crippen molar-refractivity contribution in [1.82, 2.24) is 5.32 Å².